The third-order valence-corrected chi connectivity index (χ3v) is 7.54. The zero-order valence-corrected chi connectivity index (χ0v) is 20.4. The van der Waals surface area contributed by atoms with Gasteiger partial charge in [0.15, 0.2) is 17.5 Å². The molecule has 0 radical (unpaired) electrons. The maximum Gasteiger partial charge on any atom is 0.194 e. The predicted molar refractivity (Wildman–Crippen MR) is 133 cm³/mol. The van der Waals surface area contributed by atoms with Gasteiger partial charge in [-0.15, -0.1) is 0 Å². The molecule has 0 N–H and O–H groups in total. The van der Waals surface area contributed by atoms with Gasteiger partial charge in [0.2, 0.25) is 0 Å². The molecular weight excluding hydrogens is 417 g/mol. The number of hydrogen-bond acceptors (Lipinski definition) is 0. The van der Waals surface area contributed by atoms with Crippen molar-refractivity contribution in [3.63, 3.8) is 0 Å². The summed E-state index contributed by atoms with van der Waals surface area (Å²) in [5, 5.41) is 0. The molecule has 3 heteroatoms. The Hall–Kier alpha value is -1.77. The van der Waals surface area contributed by atoms with Crippen LogP contribution in [0.1, 0.15) is 102 Å². The first-order valence-corrected chi connectivity index (χ1v) is 13.3. The SMILES string of the molecule is CCCCCCCCCC[C@H]1CC[C@H](CCc2ccc(-c3cc(F)c(F)c(F)c3)cc2)CC1. The summed E-state index contributed by atoms with van der Waals surface area (Å²) in [5.74, 6) is -1.95. The Labute approximate surface area is 199 Å². The highest BCUT2D eigenvalue weighted by Gasteiger charge is 2.20. The van der Waals surface area contributed by atoms with E-state index in [0.29, 0.717) is 11.1 Å². The number of unbranched alkanes of at least 4 members (excludes halogenated alkanes) is 7. The predicted octanol–water partition coefficient (Wildman–Crippen LogP) is 10.0. The highest BCUT2D eigenvalue weighted by atomic mass is 19.2. The van der Waals surface area contributed by atoms with E-state index >= 15 is 0 Å². The average molecular weight is 459 g/mol. The van der Waals surface area contributed by atoms with Crippen molar-refractivity contribution in [3.05, 3.63) is 59.4 Å². The minimum atomic E-state index is -1.41. The van der Waals surface area contributed by atoms with Gasteiger partial charge in [0.1, 0.15) is 0 Å². The first kappa shape index (κ1) is 25.8. The van der Waals surface area contributed by atoms with Crippen LogP contribution < -0.4 is 0 Å². The molecule has 0 unspecified atom stereocenters. The van der Waals surface area contributed by atoms with Crippen LogP contribution in [0.5, 0.6) is 0 Å². The standard InChI is InChI=1S/C30H41F3/c1-2-3-4-5-6-7-8-9-10-23-11-13-24(14-12-23)15-16-25-17-19-26(20-18-25)27-21-28(31)30(33)29(32)22-27/h17-24H,2-16H2,1H3/t23-,24-. The summed E-state index contributed by atoms with van der Waals surface area (Å²) in [7, 11) is 0. The van der Waals surface area contributed by atoms with E-state index in [9.17, 15) is 13.2 Å². The van der Waals surface area contributed by atoms with Crippen LogP contribution in [0.15, 0.2) is 36.4 Å². The molecule has 1 aliphatic rings. The summed E-state index contributed by atoms with van der Waals surface area (Å²) < 4.78 is 40.2. The molecule has 0 aromatic heterocycles. The molecule has 0 spiro atoms. The summed E-state index contributed by atoms with van der Waals surface area (Å²) in [6, 6.07) is 9.92. The molecule has 0 nitrogen and oxygen atoms in total. The van der Waals surface area contributed by atoms with E-state index in [1.807, 2.05) is 24.3 Å². The topological polar surface area (TPSA) is 0 Å². The van der Waals surface area contributed by atoms with Crippen LogP contribution in [0.4, 0.5) is 13.2 Å². The monoisotopic (exact) mass is 458 g/mol. The molecule has 0 saturated heterocycles. The third-order valence-electron chi connectivity index (χ3n) is 7.54. The van der Waals surface area contributed by atoms with Crippen molar-refractivity contribution < 1.29 is 13.2 Å². The van der Waals surface area contributed by atoms with Gasteiger partial charge in [-0.3, -0.25) is 0 Å². The van der Waals surface area contributed by atoms with Crippen molar-refractivity contribution in [1.82, 2.24) is 0 Å². The molecule has 3 rings (SSSR count). The first-order valence-electron chi connectivity index (χ1n) is 13.3. The average Bonchev–Trinajstić information content (AvgIpc) is 2.83. The van der Waals surface area contributed by atoms with Crippen molar-refractivity contribution >= 4 is 0 Å². The van der Waals surface area contributed by atoms with Crippen molar-refractivity contribution in [2.75, 3.05) is 0 Å². The molecule has 0 amide bonds. The molecule has 2 aromatic rings. The molecular formula is C30H41F3. The molecule has 0 atom stereocenters. The van der Waals surface area contributed by atoms with Crippen LogP contribution >= 0.6 is 0 Å². The van der Waals surface area contributed by atoms with Gasteiger partial charge in [-0.25, -0.2) is 13.2 Å². The van der Waals surface area contributed by atoms with Crippen LogP contribution in [-0.4, -0.2) is 0 Å². The van der Waals surface area contributed by atoms with Crippen LogP contribution in [0.2, 0.25) is 0 Å². The van der Waals surface area contributed by atoms with Gasteiger partial charge in [0.05, 0.1) is 0 Å². The van der Waals surface area contributed by atoms with Crippen molar-refractivity contribution in [2.45, 2.75) is 103 Å². The lowest BCUT2D eigenvalue weighted by atomic mass is 9.77. The Kier molecular flexibility index (Phi) is 10.8. The Morgan fingerprint density at radius 1 is 0.636 bits per heavy atom. The Balaban J connectivity index is 1.32. The fourth-order valence-corrected chi connectivity index (χ4v) is 5.33. The van der Waals surface area contributed by atoms with E-state index in [4.69, 9.17) is 0 Å². The molecule has 0 aliphatic heterocycles. The maximum atomic E-state index is 13.5. The van der Waals surface area contributed by atoms with Crippen molar-refractivity contribution in [3.8, 4) is 11.1 Å². The highest BCUT2D eigenvalue weighted by molar-refractivity contribution is 5.63. The fraction of sp³-hybridized carbons (Fsp3) is 0.600. The van der Waals surface area contributed by atoms with Gasteiger partial charge >= 0.3 is 0 Å². The van der Waals surface area contributed by atoms with Gasteiger partial charge < -0.3 is 0 Å². The number of hydrogen-bond donors (Lipinski definition) is 0. The van der Waals surface area contributed by atoms with Crippen LogP contribution in [0, 0.1) is 29.3 Å². The maximum absolute atomic E-state index is 13.5. The summed E-state index contributed by atoms with van der Waals surface area (Å²) in [6.45, 7) is 2.27. The smallest absolute Gasteiger partial charge is 0.194 e. The molecule has 0 heterocycles. The number of rotatable bonds is 13. The minimum absolute atomic E-state index is 0.368. The molecule has 1 aliphatic carbocycles. The highest BCUT2D eigenvalue weighted by Crippen LogP contribution is 2.34. The van der Waals surface area contributed by atoms with Crippen LogP contribution in [-0.2, 0) is 6.42 Å². The molecule has 182 valence electrons. The summed E-state index contributed by atoms with van der Waals surface area (Å²) >= 11 is 0. The largest absolute Gasteiger partial charge is 0.204 e. The normalized spacial score (nSPS) is 18.5. The van der Waals surface area contributed by atoms with E-state index in [-0.39, 0.29) is 0 Å². The number of aryl methyl sites for hydroxylation is 1. The minimum Gasteiger partial charge on any atom is -0.204 e. The molecule has 2 aromatic carbocycles. The summed E-state index contributed by atoms with van der Waals surface area (Å²) in [4.78, 5) is 0. The van der Waals surface area contributed by atoms with Gasteiger partial charge in [0.25, 0.3) is 0 Å². The van der Waals surface area contributed by atoms with Gasteiger partial charge in [-0.1, -0.05) is 115 Å². The number of halogens is 3. The van der Waals surface area contributed by atoms with E-state index in [1.54, 1.807) is 0 Å². The van der Waals surface area contributed by atoms with Crippen LogP contribution in [0.3, 0.4) is 0 Å². The lowest BCUT2D eigenvalue weighted by molar-refractivity contribution is 0.248. The molecule has 33 heavy (non-hydrogen) atoms. The lowest BCUT2D eigenvalue weighted by Crippen LogP contribution is -2.15. The molecule has 0 bridgehead atoms. The van der Waals surface area contributed by atoms with E-state index in [1.165, 1.54) is 95.5 Å². The summed E-state index contributed by atoms with van der Waals surface area (Å²) in [5.41, 5.74) is 2.33. The Bertz CT molecular complexity index is 796. The second kappa shape index (κ2) is 13.8. The second-order valence-electron chi connectivity index (χ2n) is 10.1. The summed E-state index contributed by atoms with van der Waals surface area (Å²) in [6.07, 6.45) is 20.4. The lowest BCUT2D eigenvalue weighted by Gasteiger charge is -2.28. The van der Waals surface area contributed by atoms with Crippen LogP contribution in [0.25, 0.3) is 11.1 Å². The van der Waals surface area contributed by atoms with E-state index < -0.39 is 17.5 Å². The van der Waals surface area contributed by atoms with Gasteiger partial charge in [-0.2, -0.15) is 0 Å². The van der Waals surface area contributed by atoms with Gasteiger partial charge in [-0.05, 0) is 53.5 Å². The zero-order chi connectivity index (χ0) is 23.5. The number of benzene rings is 2. The first-order chi connectivity index (χ1) is 16.1. The zero-order valence-electron chi connectivity index (χ0n) is 20.4. The Morgan fingerprint density at radius 3 is 1.73 bits per heavy atom. The van der Waals surface area contributed by atoms with E-state index in [0.717, 1.165) is 30.4 Å². The third kappa shape index (κ3) is 8.50. The van der Waals surface area contributed by atoms with E-state index in [2.05, 4.69) is 6.92 Å². The second-order valence-corrected chi connectivity index (χ2v) is 10.1. The Morgan fingerprint density at radius 2 is 1.15 bits per heavy atom. The van der Waals surface area contributed by atoms with Gasteiger partial charge in [0, 0.05) is 0 Å². The molecule has 1 fully saturated rings. The fourth-order valence-electron chi connectivity index (χ4n) is 5.33. The van der Waals surface area contributed by atoms with Crippen molar-refractivity contribution in [2.24, 2.45) is 11.8 Å². The van der Waals surface area contributed by atoms with Crippen molar-refractivity contribution in [1.29, 1.82) is 0 Å². The quantitative estimate of drug-likeness (QED) is 0.207. The molecule has 1 saturated carbocycles.